The van der Waals surface area contributed by atoms with Gasteiger partial charge in [0.05, 0.1) is 11.7 Å². The normalized spacial score (nSPS) is 16.3. The molecular formula is C26H26N4O2. The molecule has 1 aliphatic rings. The molecule has 1 amide bonds. The molecule has 3 heterocycles. The highest BCUT2D eigenvalue weighted by molar-refractivity contribution is 5.95. The Morgan fingerprint density at radius 3 is 2.81 bits per heavy atom. The van der Waals surface area contributed by atoms with E-state index in [4.69, 9.17) is 4.74 Å². The van der Waals surface area contributed by atoms with Crippen molar-refractivity contribution in [1.82, 2.24) is 14.3 Å². The number of aromatic nitrogens is 2. The van der Waals surface area contributed by atoms with E-state index in [1.54, 1.807) is 0 Å². The number of likely N-dealkylation sites (tertiary alicyclic amines) is 1. The van der Waals surface area contributed by atoms with Crippen LogP contribution in [0.1, 0.15) is 24.1 Å². The number of benzene rings is 2. The van der Waals surface area contributed by atoms with Crippen molar-refractivity contribution in [2.45, 2.75) is 32.0 Å². The summed E-state index contributed by atoms with van der Waals surface area (Å²) in [5.41, 5.74) is 3.72. The number of ether oxygens (including phenoxy) is 1. The van der Waals surface area contributed by atoms with Crippen molar-refractivity contribution in [3.63, 3.8) is 0 Å². The summed E-state index contributed by atoms with van der Waals surface area (Å²) in [4.78, 5) is 19.8. The molecule has 1 N–H and O–H groups in total. The van der Waals surface area contributed by atoms with Crippen LogP contribution in [0.25, 0.3) is 5.65 Å². The third-order valence-corrected chi connectivity index (χ3v) is 5.80. The number of hydrogen-bond acceptors (Lipinski definition) is 4. The Morgan fingerprint density at radius 2 is 1.94 bits per heavy atom. The molecule has 32 heavy (non-hydrogen) atoms. The molecule has 2 aromatic heterocycles. The monoisotopic (exact) mass is 426 g/mol. The lowest BCUT2D eigenvalue weighted by molar-refractivity contribution is -0.120. The lowest BCUT2D eigenvalue weighted by Gasteiger charge is -2.23. The van der Waals surface area contributed by atoms with Gasteiger partial charge in [0, 0.05) is 30.7 Å². The van der Waals surface area contributed by atoms with E-state index in [9.17, 15) is 4.79 Å². The van der Waals surface area contributed by atoms with E-state index >= 15 is 0 Å². The molecule has 162 valence electrons. The number of anilines is 1. The zero-order valence-corrected chi connectivity index (χ0v) is 17.9. The van der Waals surface area contributed by atoms with E-state index in [2.05, 4.69) is 27.3 Å². The van der Waals surface area contributed by atoms with Gasteiger partial charge in [-0.2, -0.15) is 0 Å². The number of hydrogen-bond donors (Lipinski definition) is 1. The third kappa shape index (κ3) is 4.65. The summed E-state index contributed by atoms with van der Waals surface area (Å²) in [6.45, 7) is 2.10. The number of rotatable bonds is 7. The van der Waals surface area contributed by atoms with Crippen molar-refractivity contribution in [3.8, 4) is 5.75 Å². The van der Waals surface area contributed by atoms with E-state index in [1.807, 2.05) is 77.5 Å². The van der Waals surface area contributed by atoms with E-state index in [-0.39, 0.29) is 11.9 Å². The van der Waals surface area contributed by atoms with Crippen LogP contribution in [0.4, 0.5) is 5.69 Å². The summed E-state index contributed by atoms with van der Waals surface area (Å²) in [5.74, 6) is 0.739. The van der Waals surface area contributed by atoms with E-state index in [0.717, 1.165) is 43.0 Å². The lowest BCUT2D eigenvalue weighted by Crippen LogP contribution is -2.39. The van der Waals surface area contributed by atoms with Crippen molar-refractivity contribution >= 4 is 17.2 Å². The highest BCUT2D eigenvalue weighted by Gasteiger charge is 2.30. The molecule has 1 unspecified atom stereocenters. The molecule has 2 aromatic carbocycles. The fourth-order valence-electron chi connectivity index (χ4n) is 4.23. The number of nitrogens with one attached hydrogen (secondary N) is 1. The molecule has 5 rings (SSSR count). The van der Waals surface area contributed by atoms with Crippen LogP contribution in [-0.4, -0.2) is 32.8 Å². The second-order valence-electron chi connectivity index (χ2n) is 8.12. The van der Waals surface area contributed by atoms with Crippen molar-refractivity contribution < 1.29 is 9.53 Å². The van der Waals surface area contributed by atoms with Gasteiger partial charge in [-0.05, 0) is 49.2 Å². The zero-order chi connectivity index (χ0) is 21.8. The molecule has 0 aliphatic carbocycles. The first-order valence-corrected chi connectivity index (χ1v) is 11.0. The Kier molecular flexibility index (Phi) is 5.85. The highest BCUT2D eigenvalue weighted by Crippen LogP contribution is 2.23. The first-order chi connectivity index (χ1) is 15.7. The van der Waals surface area contributed by atoms with E-state index in [1.165, 1.54) is 5.56 Å². The van der Waals surface area contributed by atoms with Gasteiger partial charge in [0.2, 0.25) is 5.91 Å². The van der Waals surface area contributed by atoms with Crippen LogP contribution in [0.2, 0.25) is 0 Å². The molecule has 0 bridgehead atoms. The van der Waals surface area contributed by atoms with Crippen molar-refractivity contribution in [2.75, 3.05) is 11.9 Å². The summed E-state index contributed by atoms with van der Waals surface area (Å²) in [7, 11) is 0. The van der Waals surface area contributed by atoms with E-state index < -0.39 is 0 Å². The Labute approximate surface area is 187 Å². The molecule has 0 radical (unpaired) electrons. The number of amides is 1. The standard InChI is InChI=1S/C26H26N4O2/c31-26(24-12-7-15-29(24)17-20-8-2-1-3-9-20)28-21-10-6-11-23(16-21)32-19-22-18-30-14-5-4-13-25(30)27-22/h1-6,8-11,13-14,16,18,24H,7,12,15,17,19H2,(H,28,31). The second-order valence-corrected chi connectivity index (χ2v) is 8.12. The number of pyridine rings is 1. The maximum absolute atomic E-state index is 13.0. The van der Waals surface area contributed by atoms with Gasteiger partial charge in [-0.25, -0.2) is 4.98 Å². The maximum Gasteiger partial charge on any atom is 0.241 e. The fourth-order valence-corrected chi connectivity index (χ4v) is 4.23. The van der Waals surface area contributed by atoms with Crippen LogP contribution in [0.3, 0.4) is 0 Å². The van der Waals surface area contributed by atoms with Gasteiger partial charge in [0.15, 0.2) is 0 Å². The minimum atomic E-state index is -0.113. The Hall–Kier alpha value is -3.64. The van der Waals surface area contributed by atoms with Gasteiger partial charge >= 0.3 is 0 Å². The van der Waals surface area contributed by atoms with Crippen LogP contribution < -0.4 is 10.1 Å². The molecule has 1 atom stereocenters. The number of carbonyl (C=O) groups is 1. The Bertz CT molecular complexity index is 1170. The minimum Gasteiger partial charge on any atom is -0.487 e. The zero-order valence-electron chi connectivity index (χ0n) is 17.9. The topological polar surface area (TPSA) is 58.9 Å². The first-order valence-electron chi connectivity index (χ1n) is 11.0. The van der Waals surface area contributed by atoms with Crippen LogP contribution in [0.5, 0.6) is 5.75 Å². The quantitative estimate of drug-likeness (QED) is 0.472. The molecule has 1 saturated heterocycles. The summed E-state index contributed by atoms with van der Waals surface area (Å²) in [6.07, 6.45) is 5.84. The summed E-state index contributed by atoms with van der Waals surface area (Å²) < 4.78 is 7.90. The third-order valence-electron chi connectivity index (χ3n) is 5.80. The first kappa shape index (κ1) is 20.3. The van der Waals surface area contributed by atoms with Gasteiger partial charge in [-0.1, -0.05) is 42.5 Å². The summed E-state index contributed by atoms with van der Waals surface area (Å²) in [6, 6.07) is 23.6. The lowest BCUT2D eigenvalue weighted by atomic mass is 10.1. The largest absolute Gasteiger partial charge is 0.487 e. The summed E-state index contributed by atoms with van der Waals surface area (Å²) >= 11 is 0. The predicted octanol–water partition coefficient (Wildman–Crippen LogP) is 4.52. The van der Waals surface area contributed by atoms with Crippen LogP contribution in [-0.2, 0) is 17.9 Å². The predicted molar refractivity (Wildman–Crippen MR) is 124 cm³/mol. The van der Waals surface area contributed by atoms with Crippen LogP contribution >= 0.6 is 0 Å². The average Bonchev–Trinajstić information content (AvgIpc) is 3.45. The second kappa shape index (κ2) is 9.24. The highest BCUT2D eigenvalue weighted by atomic mass is 16.5. The summed E-state index contributed by atoms with van der Waals surface area (Å²) in [5, 5.41) is 3.08. The molecule has 6 nitrogen and oxygen atoms in total. The van der Waals surface area contributed by atoms with Gasteiger partial charge < -0.3 is 14.5 Å². The van der Waals surface area contributed by atoms with Crippen LogP contribution in [0.15, 0.2) is 85.2 Å². The molecule has 1 aliphatic heterocycles. The van der Waals surface area contributed by atoms with Crippen molar-refractivity contribution in [1.29, 1.82) is 0 Å². The molecule has 4 aromatic rings. The molecule has 0 spiro atoms. The number of fused-ring (bicyclic) bond motifs is 1. The average molecular weight is 427 g/mol. The smallest absolute Gasteiger partial charge is 0.241 e. The fraction of sp³-hybridized carbons (Fsp3) is 0.231. The van der Waals surface area contributed by atoms with Crippen molar-refractivity contribution in [3.05, 3.63) is 96.4 Å². The van der Waals surface area contributed by atoms with Gasteiger partial charge in [-0.3, -0.25) is 9.69 Å². The SMILES string of the molecule is O=C(Nc1cccc(OCc2cn3ccccc3n2)c1)C1CCCN1Cc1ccccc1. The Morgan fingerprint density at radius 1 is 1.06 bits per heavy atom. The van der Waals surface area contributed by atoms with Gasteiger partial charge in [0.25, 0.3) is 0 Å². The number of carbonyl (C=O) groups excluding carboxylic acids is 1. The van der Waals surface area contributed by atoms with Crippen molar-refractivity contribution in [2.24, 2.45) is 0 Å². The van der Waals surface area contributed by atoms with E-state index in [0.29, 0.717) is 12.4 Å². The molecule has 6 heteroatoms. The maximum atomic E-state index is 13.0. The van der Waals surface area contributed by atoms with Gasteiger partial charge in [-0.15, -0.1) is 0 Å². The van der Waals surface area contributed by atoms with Gasteiger partial charge in [0.1, 0.15) is 18.0 Å². The minimum absolute atomic E-state index is 0.0379. The number of nitrogens with zero attached hydrogens (tertiary/aromatic N) is 3. The number of imidazole rings is 1. The molecule has 0 saturated carbocycles. The Balaban J connectivity index is 1.20. The van der Waals surface area contributed by atoms with Crippen LogP contribution in [0, 0.1) is 0 Å². The molecular weight excluding hydrogens is 400 g/mol. The molecule has 1 fully saturated rings.